The molecule has 4 nitrogen and oxygen atoms in total. The molecule has 0 bridgehead atoms. The quantitative estimate of drug-likeness (QED) is 0.692. The van der Waals surface area contributed by atoms with E-state index in [0.29, 0.717) is 6.54 Å². The summed E-state index contributed by atoms with van der Waals surface area (Å²) in [5.41, 5.74) is 3.19. The van der Waals surface area contributed by atoms with E-state index < -0.39 is 9.84 Å². The topological polar surface area (TPSA) is 54.5 Å². The number of carbonyl (C=O) groups excluding carboxylic acids is 1. The van der Waals surface area contributed by atoms with E-state index in [1.54, 1.807) is 4.90 Å². The van der Waals surface area contributed by atoms with Gasteiger partial charge >= 0.3 is 0 Å². The third-order valence-corrected chi connectivity index (χ3v) is 6.18. The zero-order valence-corrected chi connectivity index (χ0v) is 17.0. The lowest BCUT2D eigenvalue weighted by atomic mass is 9.97. The maximum Gasteiger partial charge on any atom is 0.259 e. The maximum atomic E-state index is 13.1. The van der Waals surface area contributed by atoms with Crippen molar-refractivity contribution in [1.29, 1.82) is 0 Å². The molecule has 0 N–H and O–H groups in total. The molecular formula is C18H17BrClNO3S. The number of nitrogens with zero attached hydrogens (tertiary/aromatic N) is 1. The maximum absolute atomic E-state index is 13.1. The summed E-state index contributed by atoms with van der Waals surface area (Å²) >= 11 is 9.70. The van der Waals surface area contributed by atoms with Crippen molar-refractivity contribution in [2.45, 2.75) is 24.7 Å². The van der Waals surface area contributed by atoms with E-state index in [4.69, 9.17) is 11.6 Å². The van der Waals surface area contributed by atoms with Crippen LogP contribution < -0.4 is 4.90 Å². The first-order chi connectivity index (χ1) is 11.7. The Bertz CT molecular complexity index is 973. The Balaban J connectivity index is 2.10. The smallest absolute Gasteiger partial charge is 0.259 e. The Kier molecular flexibility index (Phi) is 4.97. The van der Waals surface area contributed by atoms with Crippen molar-refractivity contribution >= 4 is 49.0 Å². The molecular weight excluding hydrogens is 426 g/mol. The number of aryl methyl sites for hydroxylation is 2. The van der Waals surface area contributed by atoms with Crippen LogP contribution >= 0.6 is 27.5 Å². The number of halogens is 2. The van der Waals surface area contributed by atoms with Gasteiger partial charge in [-0.1, -0.05) is 27.5 Å². The summed E-state index contributed by atoms with van der Waals surface area (Å²) in [4.78, 5) is 14.9. The molecule has 0 aliphatic carbocycles. The van der Waals surface area contributed by atoms with Crippen LogP contribution in [0.3, 0.4) is 0 Å². The van der Waals surface area contributed by atoms with Crippen molar-refractivity contribution in [3.63, 3.8) is 0 Å². The Hall–Kier alpha value is -1.37. The van der Waals surface area contributed by atoms with Gasteiger partial charge in [0.05, 0.1) is 21.2 Å². The zero-order chi connectivity index (χ0) is 18.4. The first-order valence-corrected chi connectivity index (χ1v) is 10.8. The van der Waals surface area contributed by atoms with E-state index >= 15 is 0 Å². The molecule has 1 amide bonds. The number of carbonyl (C=O) groups is 1. The molecule has 1 aliphatic rings. The van der Waals surface area contributed by atoms with Crippen LogP contribution in [-0.2, 0) is 16.3 Å². The molecule has 0 aromatic heterocycles. The molecule has 1 heterocycles. The minimum atomic E-state index is -3.42. The molecule has 0 saturated carbocycles. The first-order valence-electron chi connectivity index (χ1n) is 7.79. The Morgan fingerprint density at radius 1 is 1.24 bits per heavy atom. The van der Waals surface area contributed by atoms with Gasteiger partial charge in [-0.25, -0.2) is 8.42 Å². The third-order valence-electron chi connectivity index (χ3n) is 4.28. The van der Waals surface area contributed by atoms with Gasteiger partial charge in [-0.15, -0.1) is 0 Å². The van der Waals surface area contributed by atoms with Crippen molar-refractivity contribution in [3.05, 3.63) is 56.5 Å². The van der Waals surface area contributed by atoms with Crippen molar-refractivity contribution in [1.82, 2.24) is 0 Å². The molecule has 0 fully saturated rings. The third kappa shape index (κ3) is 3.61. The lowest BCUT2D eigenvalue weighted by Crippen LogP contribution is -2.36. The van der Waals surface area contributed by atoms with E-state index in [0.717, 1.165) is 40.4 Å². The summed E-state index contributed by atoms with van der Waals surface area (Å²) in [5.74, 6) is -0.276. The van der Waals surface area contributed by atoms with Crippen LogP contribution in [0.1, 0.15) is 27.9 Å². The molecule has 25 heavy (non-hydrogen) atoms. The molecule has 2 aromatic rings. The van der Waals surface area contributed by atoms with Crippen LogP contribution in [0.25, 0.3) is 0 Å². The van der Waals surface area contributed by atoms with E-state index in [1.165, 1.54) is 18.2 Å². The van der Waals surface area contributed by atoms with E-state index in [1.807, 2.05) is 19.1 Å². The minimum absolute atomic E-state index is 0.0880. The summed E-state index contributed by atoms with van der Waals surface area (Å²) in [7, 11) is -3.42. The second-order valence-corrected chi connectivity index (χ2v) is 9.54. The van der Waals surface area contributed by atoms with Gasteiger partial charge < -0.3 is 4.90 Å². The lowest BCUT2D eigenvalue weighted by molar-refractivity contribution is 0.0985. The van der Waals surface area contributed by atoms with Crippen LogP contribution in [0.2, 0.25) is 5.02 Å². The van der Waals surface area contributed by atoms with Crippen molar-refractivity contribution < 1.29 is 13.2 Å². The van der Waals surface area contributed by atoms with E-state index in [9.17, 15) is 13.2 Å². The number of anilines is 1. The van der Waals surface area contributed by atoms with E-state index in [2.05, 4.69) is 15.9 Å². The largest absolute Gasteiger partial charge is 0.308 e. The number of hydrogen-bond donors (Lipinski definition) is 0. The number of hydrogen-bond acceptors (Lipinski definition) is 3. The standard InChI is InChI=1S/C18H17BrClNO3S/c1-11-8-13(19)9-12-4-3-7-21(17(11)12)18(22)15-10-14(25(2,23)24)5-6-16(15)20/h5-6,8-10H,3-4,7H2,1-2H3. The highest BCUT2D eigenvalue weighted by Gasteiger charge is 2.27. The zero-order valence-electron chi connectivity index (χ0n) is 13.8. The molecule has 132 valence electrons. The fraction of sp³-hybridized carbons (Fsp3) is 0.278. The predicted molar refractivity (Wildman–Crippen MR) is 103 cm³/mol. The molecule has 1 aliphatic heterocycles. The molecule has 0 saturated heterocycles. The van der Waals surface area contributed by atoms with Crippen LogP contribution in [-0.4, -0.2) is 27.1 Å². The second kappa shape index (κ2) is 6.74. The first kappa shape index (κ1) is 18.4. The molecule has 0 unspecified atom stereocenters. The Morgan fingerprint density at radius 3 is 2.64 bits per heavy atom. The average molecular weight is 443 g/mol. The fourth-order valence-corrected chi connectivity index (χ4v) is 4.63. The van der Waals surface area contributed by atoms with Crippen molar-refractivity contribution in [3.8, 4) is 0 Å². The number of amides is 1. The van der Waals surface area contributed by atoms with Crippen LogP contribution in [0, 0.1) is 6.92 Å². The number of sulfone groups is 1. The van der Waals surface area contributed by atoms with Gasteiger partial charge in [0, 0.05) is 17.3 Å². The number of benzene rings is 2. The minimum Gasteiger partial charge on any atom is -0.308 e. The second-order valence-electron chi connectivity index (χ2n) is 6.20. The monoisotopic (exact) mass is 441 g/mol. The molecule has 2 aromatic carbocycles. The van der Waals surface area contributed by atoms with Gasteiger partial charge in [-0.2, -0.15) is 0 Å². The van der Waals surface area contributed by atoms with Crippen LogP contribution in [0.4, 0.5) is 5.69 Å². The molecule has 3 rings (SSSR count). The Labute approximate surface area is 160 Å². The number of fused-ring (bicyclic) bond motifs is 1. The van der Waals surface area contributed by atoms with Crippen LogP contribution in [0.5, 0.6) is 0 Å². The summed E-state index contributed by atoms with van der Waals surface area (Å²) in [5, 5.41) is 0.249. The van der Waals surface area contributed by atoms with Gasteiger partial charge in [0.1, 0.15) is 0 Å². The van der Waals surface area contributed by atoms with Gasteiger partial charge in [0.2, 0.25) is 0 Å². The van der Waals surface area contributed by atoms with Gasteiger partial charge in [-0.05, 0) is 61.2 Å². The van der Waals surface area contributed by atoms with Gasteiger partial charge in [0.25, 0.3) is 5.91 Å². The molecule has 0 spiro atoms. The lowest BCUT2D eigenvalue weighted by Gasteiger charge is -2.31. The van der Waals surface area contributed by atoms with Crippen molar-refractivity contribution in [2.24, 2.45) is 0 Å². The molecule has 7 heteroatoms. The highest BCUT2D eigenvalue weighted by molar-refractivity contribution is 9.10. The fourth-order valence-electron chi connectivity index (χ4n) is 3.17. The summed E-state index contributed by atoms with van der Waals surface area (Å²) in [6.45, 7) is 2.54. The number of rotatable bonds is 2. The molecule has 0 radical (unpaired) electrons. The normalized spacial score (nSPS) is 14.3. The summed E-state index contributed by atoms with van der Waals surface area (Å²) < 4.78 is 24.6. The van der Waals surface area contributed by atoms with Gasteiger partial charge in [0.15, 0.2) is 9.84 Å². The highest BCUT2D eigenvalue weighted by atomic mass is 79.9. The SMILES string of the molecule is Cc1cc(Br)cc2c1N(C(=O)c1cc(S(C)(=O)=O)ccc1Cl)CCC2. The molecule has 0 atom stereocenters. The highest BCUT2D eigenvalue weighted by Crippen LogP contribution is 2.35. The summed E-state index contributed by atoms with van der Waals surface area (Å²) in [6, 6.07) is 8.24. The summed E-state index contributed by atoms with van der Waals surface area (Å²) in [6.07, 6.45) is 2.86. The van der Waals surface area contributed by atoms with Crippen molar-refractivity contribution in [2.75, 3.05) is 17.7 Å². The van der Waals surface area contributed by atoms with E-state index in [-0.39, 0.29) is 21.4 Å². The Morgan fingerprint density at radius 2 is 1.96 bits per heavy atom. The van der Waals surface area contributed by atoms with Gasteiger partial charge in [-0.3, -0.25) is 4.79 Å². The van der Waals surface area contributed by atoms with Crippen LogP contribution in [0.15, 0.2) is 39.7 Å². The predicted octanol–water partition coefficient (Wildman–Crippen LogP) is 4.41. The average Bonchev–Trinajstić information content (AvgIpc) is 2.52.